The molecule has 2 aromatic heterocycles. The summed E-state index contributed by atoms with van der Waals surface area (Å²) in [7, 11) is 0. The highest BCUT2D eigenvalue weighted by Crippen LogP contribution is 2.33. The van der Waals surface area contributed by atoms with E-state index in [9.17, 15) is 14.4 Å². The second-order valence-electron chi connectivity index (χ2n) is 13.8. The molecule has 3 aromatic carbocycles. The van der Waals surface area contributed by atoms with Crippen LogP contribution >= 0.6 is 0 Å². The van der Waals surface area contributed by atoms with E-state index < -0.39 is 0 Å². The van der Waals surface area contributed by atoms with Crippen molar-refractivity contribution >= 4 is 56.6 Å². The van der Waals surface area contributed by atoms with Gasteiger partial charge in [-0.1, -0.05) is 18.2 Å². The average molecular weight is 647 g/mol. The molecule has 5 heterocycles. The predicted octanol–water partition coefficient (Wildman–Crippen LogP) is 4.28. The number of rotatable bonds is 5. The Kier molecular flexibility index (Phi) is 7.59. The van der Waals surface area contributed by atoms with E-state index in [-0.39, 0.29) is 29.3 Å². The second kappa shape index (κ2) is 12.0. The minimum absolute atomic E-state index is 0.117. The van der Waals surface area contributed by atoms with Crippen molar-refractivity contribution in [2.45, 2.75) is 57.5 Å². The van der Waals surface area contributed by atoms with Crippen LogP contribution in [0.1, 0.15) is 57.1 Å². The number of imidazole rings is 1. The molecule has 3 aliphatic heterocycles. The summed E-state index contributed by atoms with van der Waals surface area (Å²) in [5, 5.41) is 2.93. The molecule has 0 bridgehead atoms. The van der Waals surface area contributed by atoms with Crippen molar-refractivity contribution in [2.24, 2.45) is 0 Å². The van der Waals surface area contributed by atoms with Gasteiger partial charge < -0.3 is 20.1 Å². The largest absolute Gasteiger partial charge is 0.398 e. The number of hydrogen-bond acceptors (Lipinski definition) is 8. The summed E-state index contributed by atoms with van der Waals surface area (Å²) in [5.41, 5.74) is 12.6. The number of imide groups is 1. The third kappa shape index (κ3) is 5.17. The van der Waals surface area contributed by atoms with Crippen LogP contribution in [0.15, 0.2) is 65.5 Å². The zero-order chi connectivity index (χ0) is 33.1. The number of aromatic nitrogens is 3. The molecule has 2 amide bonds. The fraction of sp³-hybridized carbons (Fsp3) is 0.405. The van der Waals surface area contributed by atoms with Crippen molar-refractivity contribution in [3.8, 4) is 0 Å². The number of hydrogen-bond donors (Lipinski definition) is 2. The van der Waals surface area contributed by atoms with Gasteiger partial charge in [0.2, 0.25) is 17.6 Å². The number of piperazine rings is 1. The van der Waals surface area contributed by atoms with Gasteiger partial charge in [-0.15, -0.1) is 0 Å². The van der Waals surface area contributed by atoms with Crippen molar-refractivity contribution < 1.29 is 9.59 Å². The van der Waals surface area contributed by atoms with Crippen LogP contribution in [0.4, 0.5) is 17.1 Å². The molecule has 11 nitrogen and oxygen atoms in total. The molecular weight excluding hydrogens is 604 g/mol. The van der Waals surface area contributed by atoms with Gasteiger partial charge in [-0.3, -0.25) is 29.0 Å². The molecule has 3 fully saturated rings. The quantitative estimate of drug-likeness (QED) is 0.215. The molecule has 3 saturated heterocycles. The van der Waals surface area contributed by atoms with Crippen LogP contribution in [0.25, 0.3) is 27.7 Å². The first-order chi connectivity index (χ1) is 23.3. The van der Waals surface area contributed by atoms with Crippen molar-refractivity contribution in [2.75, 3.05) is 54.8 Å². The van der Waals surface area contributed by atoms with E-state index in [4.69, 9.17) is 5.73 Å². The highest BCUT2D eigenvalue weighted by Gasteiger charge is 2.30. The summed E-state index contributed by atoms with van der Waals surface area (Å²) < 4.78 is 4.24. The number of carbonyl (C=O) groups is 2. The standard InChI is InChI=1S/C37H42N8O3/c1-23(2)44-32-22-27(10-12-30(32)45-31-5-3-4-29(38)34(31)36(48)40-37(44)45)41-16-14-26(15-17-41)43-20-18-42(19-21-43)25-8-6-24(7-9-25)28-11-13-33(46)39-35(28)47/h3-10,12,22-23,26,28H,11,13-21,38H2,1-2H3,(H,39,46,47). The van der Waals surface area contributed by atoms with E-state index in [1.54, 1.807) is 6.07 Å². The number of carbonyl (C=O) groups excluding carboxylic acids is 2. The summed E-state index contributed by atoms with van der Waals surface area (Å²) in [4.78, 5) is 49.0. The summed E-state index contributed by atoms with van der Waals surface area (Å²) >= 11 is 0. The minimum atomic E-state index is -0.293. The first-order valence-electron chi connectivity index (χ1n) is 17.2. The fourth-order valence-electron chi connectivity index (χ4n) is 8.15. The van der Waals surface area contributed by atoms with E-state index in [0.29, 0.717) is 35.7 Å². The van der Waals surface area contributed by atoms with E-state index in [1.165, 1.54) is 11.4 Å². The van der Waals surface area contributed by atoms with E-state index in [1.807, 2.05) is 24.3 Å². The molecule has 5 aromatic rings. The molecule has 248 valence electrons. The Morgan fingerprint density at radius 2 is 1.50 bits per heavy atom. The highest BCUT2D eigenvalue weighted by atomic mass is 16.2. The maximum atomic E-state index is 13.1. The van der Waals surface area contributed by atoms with Gasteiger partial charge in [0.25, 0.3) is 5.56 Å². The third-order valence-electron chi connectivity index (χ3n) is 10.7. The molecule has 8 rings (SSSR count). The first kappa shape index (κ1) is 30.4. The van der Waals surface area contributed by atoms with Gasteiger partial charge in [0, 0.05) is 74.8 Å². The Labute approximate surface area is 278 Å². The molecule has 3 N–H and O–H groups in total. The third-order valence-corrected chi connectivity index (χ3v) is 10.7. The number of fused-ring (bicyclic) bond motifs is 5. The molecule has 0 aliphatic carbocycles. The average Bonchev–Trinajstić information content (AvgIpc) is 3.42. The SMILES string of the molecule is CC(C)n1c2cc(N3CCC(N4CCN(c5ccc(C6CCC(=O)NC6=O)cc5)CC4)CC3)ccc2n2c3cccc(N)c3c(=O)nc12. The number of nitrogen functional groups attached to an aromatic ring is 1. The van der Waals surface area contributed by atoms with Crippen LogP contribution in [-0.4, -0.2) is 76.0 Å². The lowest BCUT2D eigenvalue weighted by Gasteiger charge is -2.44. The lowest BCUT2D eigenvalue weighted by Crippen LogP contribution is -2.53. The van der Waals surface area contributed by atoms with Gasteiger partial charge in [0.1, 0.15) is 0 Å². The molecule has 1 atom stereocenters. The van der Waals surface area contributed by atoms with Gasteiger partial charge in [-0.25, -0.2) is 0 Å². The molecule has 0 saturated carbocycles. The highest BCUT2D eigenvalue weighted by molar-refractivity contribution is 6.01. The molecule has 3 aliphatic rings. The molecule has 48 heavy (non-hydrogen) atoms. The number of anilines is 3. The van der Waals surface area contributed by atoms with Crippen LogP contribution in [0.3, 0.4) is 0 Å². The summed E-state index contributed by atoms with van der Waals surface area (Å²) in [5.74, 6) is 0.0307. The van der Waals surface area contributed by atoms with Crippen LogP contribution in [0.5, 0.6) is 0 Å². The Bertz CT molecular complexity index is 2100. The van der Waals surface area contributed by atoms with E-state index >= 15 is 0 Å². The monoisotopic (exact) mass is 646 g/mol. The van der Waals surface area contributed by atoms with Gasteiger partial charge in [0.05, 0.1) is 27.9 Å². The van der Waals surface area contributed by atoms with Crippen LogP contribution in [0, 0.1) is 0 Å². The number of piperidine rings is 2. The van der Waals surface area contributed by atoms with Crippen LogP contribution in [-0.2, 0) is 9.59 Å². The number of nitrogens with two attached hydrogens (primary N) is 1. The smallest absolute Gasteiger partial charge is 0.284 e. The minimum Gasteiger partial charge on any atom is -0.398 e. The van der Waals surface area contributed by atoms with Gasteiger partial charge >= 0.3 is 0 Å². The van der Waals surface area contributed by atoms with Crippen molar-refractivity contribution in [3.05, 3.63) is 76.6 Å². The first-order valence-corrected chi connectivity index (χ1v) is 17.2. The van der Waals surface area contributed by atoms with Crippen LogP contribution in [0.2, 0.25) is 0 Å². The van der Waals surface area contributed by atoms with Crippen LogP contribution < -0.4 is 26.4 Å². The maximum absolute atomic E-state index is 13.1. The number of amides is 2. The molecule has 1 unspecified atom stereocenters. The number of nitrogens with one attached hydrogen (secondary N) is 1. The van der Waals surface area contributed by atoms with Crippen molar-refractivity contribution in [1.29, 1.82) is 0 Å². The fourth-order valence-corrected chi connectivity index (χ4v) is 8.15. The number of nitrogens with zero attached hydrogens (tertiary/aromatic N) is 6. The second-order valence-corrected chi connectivity index (χ2v) is 13.8. The van der Waals surface area contributed by atoms with Gasteiger partial charge in [-0.2, -0.15) is 4.98 Å². The summed E-state index contributed by atoms with van der Waals surface area (Å²) in [6, 6.07) is 21.2. The van der Waals surface area contributed by atoms with Crippen molar-refractivity contribution in [3.63, 3.8) is 0 Å². The Hall–Kier alpha value is -4.90. The van der Waals surface area contributed by atoms with Gasteiger partial charge in [-0.05, 0) is 81.1 Å². The molecular formula is C37H42N8O3. The topological polar surface area (TPSA) is 121 Å². The predicted molar refractivity (Wildman–Crippen MR) is 190 cm³/mol. The zero-order valence-corrected chi connectivity index (χ0v) is 27.6. The zero-order valence-electron chi connectivity index (χ0n) is 27.6. The normalized spacial score (nSPS) is 20.0. The lowest BCUT2D eigenvalue weighted by atomic mass is 9.90. The maximum Gasteiger partial charge on any atom is 0.284 e. The molecule has 0 spiro atoms. The Balaban J connectivity index is 0.940. The summed E-state index contributed by atoms with van der Waals surface area (Å²) in [6.45, 7) is 10.3. The molecule has 11 heteroatoms. The van der Waals surface area contributed by atoms with Crippen molar-refractivity contribution in [1.82, 2.24) is 24.2 Å². The summed E-state index contributed by atoms with van der Waals surface area (Å²) in [6.07, 6.45) is 3.20. The Morgan fingerprint density at radius 1 is 0.792 bits per heavy atom. The number of benzene rings is 3. The van der Waals surface area contributed by atoms with E-state index in [2.05, 4.69) is 78.1 Å². The van der Waals surface area contributed by atoms with E-state index in [0.717, 1.165) is 74.2 Å². The molecule has 0 radical (unpaired) electrons. The Morgan fingerprint density at radius 3 is 2.21 bits per heavy atom. The van der Waals surface area contributed by atoms with Gasteiger partial charge in [0.15, 0.2) is 0 Å². The lowest BCUT2D eigenvalue weighted by molar-refractivity contribution is -0.134.